The number of ether oxygens (including phenoxy) is 1. The fourth-order valence-electron chi connectivity index (χ4n) is 1.47. The molecule has 1 N–H and O–H groups in total. The van der Waals surface area contributed by atoms with Crippen LogP contribution in [-0.2, 0) is 11.3 Å². The molecule has 16 heavy (non-hydrogen) atoms. The largest absolute Gasteiger partial charge is 0.390 e. The number of rotatable bonds is 6. The molecule has 0 spiro atoms. The van der Waals surface area contributed by atoms with Gasteiger partial charge in [-0.25, -0.2) is 0 Å². The van der Waals surface area contributed by atoms with E-state index in [0.29, 0.717) is 6.61 Å². The van der Waals surface area contributed by atoms with Crippen LogP contribution in [0.1, 0.15) is 19.4 Å². The highest BCUT2D eigenvalue weighted by molar-refractivity contribution is 5.13. The van der Waals surface area contributed by atoms with Crippen molar-refractivity contribution in [1.29, 1.82) is 0 Å². The van der Waals surface area contributed by atoms with Crippen LogP contribution in [0.25, 0.3) is 0 Å². The van der Waals surface area contributed by atoms with Crippen molar-refractivity contribution in [3.05, 3.63) is 48.6 Å². The van der Waals surface area contributed by atoms with Crippen molar-refractivity contribution >= 4 is 0 Å². The molecule has 88 valence electrons. The van der Waals surface area contributed by atoms with Gasteiger partial charge in [-0.2, -0.15) is 0 Å². The Balaban J connectivity index is 2.40. The van der Waals surface area contributed by atoms with Gasteiger partial charge in [-0.05, 0) is 12.5 Å². The highest BCUT2D eigenvalue weighted by Crippen LogP contribution is 2.12. The Morgan fingerprint density at radius 3 is 2.50 bits per heavy atom. The van der Waals surface area contributed by atoms with E-state index in [4.69, 9.17) is 4.74 Å². The van der Waals surface area contributed by atoms with Gasteiger partial charge in [-0.15, -0.1) is 6.58 Å². The van der Waals surface area contributed by atoms with Gasteiger partial charge < -0.3 is 9.84 Å². The van der Waals surface area contributed by atoms with Crippen molar-refractivity contribution in [2.75, 3.05) is 0 Å². The van der Waals surface area contributed by atoms with E-state index in [1.807, 2.05) is 44.2 Å². The molecule has 0 radical (unpaired) electrons. The minimum absolute atomic E-state index is 0.0470. The lowest BCUT2D eigenvalue weighted by molar-refractivity contribution is -0.0487. The van der Waals surface area contributed by atoms with Crippen molar-refractivity contribution in [2.24, 2.45) is 5.92 Å². The van der Waals surface area contributed by atoms with Crippen LogP contribution in [0, 0.1) is 5.92 Å². The molecule has 0 bridgehead atoms. The van der Waals surface area contributed by atoms with Crippen LogP contribution in [0.3, 0.4) is 0 Å². The molecule has 0 amide bonds. The Morgan fingerprint density at radius 1 is 1.31 bits per heavy atom. The summed E-state index contributed by atoms with van der Waals surface area (Å²) in [7, 11) is 0. The standard InChI is InChI=1S/C14H20O2/c1-4-11(2)14(15)12(3)16-10-13-8-6-5-7-9-13/h4-9,11-12,14-15H,1,10H2,2-3H3/t11-,12+,14-/m0/s1. The van der Waals surface area contributed by atoms with Gasteiger partial charge >= 0.3 is 0 Å². The molecule has 1 aromatic rings. The van der Waals surface area contributed by atoms with Gasteiger partial charge in [-0.3, -0.25) is 0 Å². The van der Waals surface area contributed by atoms with Crippen LogP contribution in [-0.4, -0.2) is 17.3 Å². The number of benzene rings is 1. The van der Waals surface area contributed by atoms with Crippen LogP contribution in [0.4, 0.5) is 0 Å². The van der Waals surface area contributed by atoms with Crippen LogP contribution < -0.4 is 0 Å². The summed E-state index contributed by atoms with van der Waals surface area (Å²) in [6.07, 6.45) is 1.06. The Labute approximate surface area is 97.6 Å². The first-order valence-electron chi connectivity index (χ1n) is 5.61. The van der Waals surface area contributed by atoms with Crippen LogP contribution in [0.5, 0.6) is 0 Å². The van der Waals surface area contributed by atoms with E-state index >= 15 is 0 Å². The molecule has 0 heterocycles. The molecule has 2 nitrogen and oxygen atoms in total. The molecule has 0 aliphatic carbocycles. The molecule has 2 heteroatoms. The fourth-order valence-corrected chi connectivity index (χ4v) is 1.47. The minimum atomic E-state index is -0.499. The predicted octanol–water partition coefficient (Wildman–Crippen LogP) is 2.77. The van der Waals surface area contributed by atoms with Gasteiger partial charge in [0, 0.05) is 5.92 Å². The third-order valence-corrected chi connectivity index (χ3v) is 2.75. The van der Waals surface area contributed by atoms with E-state index in [1.165, 1.54) is 0 Å². The van der Waals surface area contributed by atoms with E-state index in [-0.39, 0.29) is 12.0 Å². The molecule has 0 saturated carbocycles. The SMILES string of the molecule is C=C[C@H](C)[C@H](O)[C@@H](C)OCc1ccccc1. The first kappa shape index (κ1) is 12.9. The summed E-state index contributed by atoms with van der Waals surface area (Å²) in [6.45, 7) is 8.01. The smallest absolute Gasteiger partial charge is 0.0858 e. The quantitative estimate of drug-likeness (QED) is 0.747. The summed E-state index contributed by atoms with van der Waals surface area (Å²) in [5.41, 5.74) is 1.12. The lowest BCUT2D eigenvalue weighted by Crippen LogP contribution is -2.31. The van der Waals surface area contributed by atoms with Crippen molar-refractivity contribution in [1.82, 2.24) is 0 Å². The van der Waals surface area contributed by atoms with Crippen LogP contribution >= 0.6 is 0 Å². The zero-order valence-corrected chi connectivity index (χ0v) is 9.97. The summed E-state index contributed by atoms with van der Waals surface area (Å²) in [4.78, 5) is 0. The topological polar surface area (TPSA) is 29.5 Å². The van der Waals surface area contributed by atoms with E-state index in [1.54, 1.807) is 6.08 Å². The molecule has 0 fully saturated rings. The van der Waals surface area contributed by atoms with Crippen molar-refractivity contribution in [3.63, 3.8) is 0 Å². The number of hydrogen-bond acceptors (Lipinski definition) is 2. The van der Waals surface area contributed by atoms with Crippen LogP contribution in [0.2, 0.25) is 0 Å². The van der Waals surface area contributed by atoms with Gasteiger partial charge in [0.2, 0.25) is 0 Å². The average Bonchev–Trinajstić information content (AvgIpc) is 2.35. The molecule has 1 rings (SSSR count). The Bertz CT molecular complexity index is 308. The summed E-state index contributed by atoms with van der Waals surface area (Å²) in [6, 6.07) is 9.95. The zero-order valence-electron chi connectivity index (χ0n) is 9.97. The number of aliphatic hydroxyl groups excluding tert-OH is 1. The molecule has 3 atom stereocenters. The van der Waals surface area contributed by atoms with Gasteiger partial charge in [0.15, 0.2) is 0 Å². The second-order valence-corrected chi connectivity index (χ2v) is 4.09. The molecule has 1 aromatic carbocycles. The van der Waals surface area contributed by atoms with Gasteiger partial charge in [-0.1, -0.05) is 43.3 Å². The fraction of sp³-hybridized carbons (Fsp3) is 0.429. The maximum atomic E-state index is 9.87. The maximum Gasteiger partial charge on any atom is 0.0858 e. The first-order chi connectivity index (χ1) is 7.65. The highest BCUT2D eigenvalue weighted by Gasteiger charge is 2.19. The zero-order chi connectivity index (χ0) is 12.0. The second-order valence-electron chi connectivity index (χ2n) is 4.09. The van der Waals surface area contributed by atoms with Crippen molar-refractivity contribution in [3.8, 4) is 0 Å². The summed E-state index contributed by atoms with van der Waals surface area (Å²) in [5, 5.41) is 9.87. The summed E-state index contributed by atoms with van der Waals surface area (Å²) in [5.74, 6) is 0.0470. The van der Waals surface area contributed by atoms with Crippen molar-refractivity contribution in [2.45, 2.75) is 32.7 Å². The minimum Gasteiger partial charge on any atom is -0.390 e. The molecule has 0 aliphatic heterocycles. The maximum absolute atomic E-state index is 9.87. The van der Waals surface area contributed by atoms with Gasteiger partial charge in [0.05, 0.1) is 18.8 Å². The molecular formula is C14H20O2. The lowest BCUT2D eigenvalue weighted by atomic mass is 10.0. The summed E-state index contributed by atoms with van der Waals surface area (Å²) >= 11 is 0. The normalized spacial score (nSPS) is 16.4. The van der Waals surface area contributed by atoms with E-state index in [9.17, 15) is 5.11 Å². The molecule has 0 unspecified atom stereocenters. The van der Waals surface area contributed by atoms with Crippen LogP contribution in [0.15, 0.2) is 43.0 Å². The van der Waals surface area contributed by atoms with E-state index < -0.39 is 6.10 Å². The predicted molar refractivity (Wildman–Crippen MR) is 66.1 cm³/mol. The second kappa shape index (κ2) is 6.46. The molecular weight excluding hydrogens is 200 g/mol. The monoisotopic (exact) mass is 220 g/mol. The molecule has 0 aromatic heterocycles. The third-order valence-electron chi connectivity index (χ3n) is 2.75. The number of aliphatic hydroxyl groups is 1. The average molecular weight is 220 g/mol. The number of hydrogen-bond donors (Lipinski definition) is 1. The Kier molecular flexibility index (Phi) is 5.23. The highest BCUT2D eigenvalue weighted by atomic mass is 16.5. The third kappa shape index (κ3) is 3.80. The Hall–Kier alpha value is -1.12. The van der Waals surface area contributed by atoms with E-state index in [0.717, 1.165) is 5.56 Å². The van der Waals surface area contributed by atoms with Crippen molar-refractivity contribution < 1.29 is 9.84 Å². The Morgan fingerprint density at radius 2 is 1.94 bits per heavy atom. The first-order valence-corrected chi connectivity index (χ1v) is 5.61. The van der Waals surface area contributed by atoms with E-state index in [2.05, 4.69) is 6.58 Å². The van der Waals surface area contributed by atoms with Gasteiger partial charge in [0.25, 0.3) is 0 Å². The lowest BCUT2D eigenvalue weighted by Gasteiger charge is -2.22. The van der Waals surface area contributed by atoms with Gasteiger partial charge in [0.1, 0.15) is 0 Å². The summed E-state index contributed by atoms with van der Waals surface area (Å²) < 4.78 is 5.62. The molecule has 0 saturated heterocycles. The molecule has 0 aliphatic rings.